The number of nitrogens with one attached hydrogen (secondary N) is 2. The molecule has 0 saturated carbocycles. The van der Waals surface area contributed by atoms with Crippen molar-refractivity contribution in [1.29, 1.82) is 0 Å². The summed E-state index contributed by atoms with van der Waals surface area (Å²) in [5, 5.41) is 13.6. The first-order valence-electron chi connectivity index (χ1n) is 9.34. The summed E-state index contributed by atoms with van der Waals surface area (Å²) in [4.78, 5) is 72.2. The predicted molar refractivity (Wildman–Crippen MR) is 105 cm³/mol. The van der Waals surface area contributed by atoms with Gasteiger partial charge in [0.15, 0.2) is 0 Å². The van der Waals surface area contributed by atoms with Crippen LogP contribution in [-0.4, -0.2) is 90.1 Å². The number of esters is 1. The standard InChI is InChI=1S/C19H22N4O9/c1-31-16(26)10-22-9-15(25)23(19(22)30)8-14(24)20-7-13(17(27)28)21-18(29)32-11-12-5-3-2-4-6-12/h2-6,13H,7-11H2,1H3,(H,20,24)(H,21,29)(H,27,28). The van der Waals surface area contributed by atoms with E-state index in [1.54, 1.807) is 30.3 Å². The van der Waals surface area contributed by atoms with Gasteiger partial charge >= 0.3 is 24.1 Å². The minimum absolute atomic E-state index is 0.0768. The number of urea groups is 1. The fraction of sp³-hybridized carbons (Fsp3) is 0.368. The van der Waals surface area contributed by atoms with Gasteiger partial charge in [-0.25, -0.2) is 14.4 Å². The number of hydrogen-bond acceptors (Lipinski definition) is 8. The maximum absolute atomic E-state index is 12.2. The van der Waals surface area contributed by atoms with Gasteiger partial charge < -0.3 is 30.1 Å². The molecule has 1 unspecified atom stereocenters. The van der Waals surface area contributed by atoms with Crippen molar-refractivity contribution < 1.29 is 43.3 Å². The summed E-state index contributed by atoms with van der Waals surface area (Å²) >= 11 is 0. The highest BCUT2D eigenvalue weighted by Gasteiger charge is 2.38. The number of alkyl carbamates (subject to hydrolysis) is 1. The van der Waals surface area contributed by atoms with Crippen molar-refractivity contribution >= 4 is 35.9 Å². The molecule has 1 aliphatic heterocycles. The lowest BCUT2D eigenvalue weighted by molar-refractivity contribution is -0.141. The molecule has 1 fully saturated rings. The van der Waals surface area contributed by atoms with Crippen LogP contribution in [0.25, 0.3) is 0 Å². The molecule has 1 atom stereocenters. The zero-order chi connectivity index (χ0) is 23.7. The van der Waals surface area contributed by atoms with Crippen LogP contribution < -0.4 is 10.6 Å². The minimum Gasteiger partial charge on any atom is -0.480 e. The Morgan fingerprint density at radius 2 is 1.81 bits per heavy atom. The molecule has 13 nitrogen and oxygen atoms in total. The molecule has 1 saturated heterocycles. The number of amides is 5. The zero-order valence-electron chi connectivity index (χ0n) is 17.1. The third-order valence-electron chi connectivity index (χ3n) is 4.28. The number of hydrogen-bond donors (Lipinski definition) is 3. The van der Waals surface area contributed by atoms with Gasteiger partial charge in [0.1, 0.15) is 32.3 Å². The first-order chi connectivity index (χ1) is 15.2. The van der Waals surface area contributed by atoms with Gasteiger partial charge in [0.25, 0.3) is 5.91 Å². The van der Waals surface area contributed by atoms with Gasteiger partial charge in [-0.3, -0.25) is 19.3 Å². The number of nitrogens with zero attached hydrogens (tertiary/aromatic N) is 2. The predicted octanol–water partition coefficient (Wildman–Crippen LogP) is -1.08. The molecule has 0 aromatic heterocycles. The van der Waals surface area contributed by atoms with Crippen molar-refractivity contribution in [1.82, 2.24) is 20.4 Å². The van der Waals surface area contributed by atoms with E-state index >= 15 is 0 Å². The van der Waals surface area contributed by atoms with Crippen molar-refractivity contribution in [3.63, 3.8) is 0 Å². The minimum atomic E-state index is -1.51. The van der Waals surface area contributed by atoms with Gasteiger partial charge in [-0.15, -0.1) is 0 Å². The highest BCUT2D eigenvalue weighted by atomic mass is 16.5. The second-order valence-electron chi connectivity index (χ2n) is 6.60. The van der Waals surface area contributed by atoms with Crippen LogP contribution in [0.1, 0.15) is 5.56 Å². The molecule has 13 heteroatoms. The molecule has 0 bridgehead atoms. The van der Waals surface area contributed by atoms with Crippen LogP contribution in [-0.2, 0) is 35.3 Å². The molecule has 1 aliphatic rings. The van der Waals surface area contributed by atoms with Crippen LogP contribution in [0.4, 0.5) is 9.59 Å². The molecule has 32 heavy (non-hydrogen) atoms. The third-order valence-corrected chi connectivity index (χ3v) is 4.28. The van der Waals surface area contributed by atoms with Gasteiger partial charge in [0.05, 0.1) is 7.11 Å². The van der Waals surface area contributed by atoms with Gasteiger partial charge in [-0.05, 0) is 5.56 Å². The Morgan fingerprint density at radius 3 is 2.44 bits per heavy atom. The van der Waals surface area contributed by atoms with Gasteiger partial charge in [0.2, 0.25) is 5.91 Å². The van der Waals surface area contributed by atoms with Crippen molar-refractivity contribution in [3.8, 4) is 0 Å². The fourth-order valence-electron chi connectivity index (χ4n) is 2.62. The molecule has 2 rings (SSSR count). The van der Waals surface area contributed by atoms with Gasteiger partial charge in [0, 0.05) is 6.54 Å². The number of methoxy groups -OCH3 is 1. The van der Waals surface area contributed by atoms with Crippen LogP contribution in [0, 0.1) is 0 Å². The number of carbonyl (C=O) groups is 6. The molecule has 1 aromatic rings. The quantitative estimate of drug-likeness (QED) is 0.296. The highest BCUT2D eigenvalue weighted by molar-refractivity contribution is 6.05. The molecule has 0 radical (unpaired) electrons. The fourth-order valence-corrected chi connectivity index (χ4v) is 2.62. The number of carbonyl (C=O) groups excluding carboxylic acids is 5. The molecule has 3 N–H and O–H groups in total. The van der Waals surface area contributed by atoms with E-state index in [1.165, 1.54) is 0 Å². The monoisotopic (exact) mass is 450 g/mol. The number of aliphatic carboxylic acids is 1. The summed E-state index contributed by atoms with van der Waals surface area (Å²) in [7, 11) is 1.13. The second-order valence-corrected chi connectivity index (χ2v) is 6.60. The first-order valence-corrected chi connectivity index (χ1v) is 9.34. The lowest BCUT2D eigenvalue weighted by Crippen LogP contribution is -2.50. The first kappa shape index (κ1) is 24.1. The van der Waals surface area contributed by atoms with Crippen molar-refractivity contribution in [2.24, 2.45) is 0 Å². The van der Waals surface area contributed by atoms with Gasteiger partial charge in [-0.2, -0.15) is 0 Å². The Kier molecular flexibility index (Phi) is 8.51. The SMILES string of the molecule is COC(=O)CN1CC(=O)N(CC(=O)NCC(NC(=O)OCc2ccccc2)C(=O)O)C1=O. The number of rotatable bonds is 10. The van der Waals surface area contributed by atoms with E-state index in [0.29, 0.717) is 10.5 Å². The molecule has 1 heterocycles. The van der Waals surface area contributed by atoms with Crippen LogP contribution in [0.5, 0.6) is 0 Å². The lowest BCUT2D eigenvalue weighted by Gasteiger charge is -2.18. The molecule has 172 valence electrons. The average Bonchev–Trinajstić information content (AvgIpc) is 3.02. The largest absolute Gasteiger partial charge is 0.480 e. The Morgan fingerprint density at radius 1 is 1.12 bits per heavy atom. The summed E-state index contributed by atoms with van der Waals surface area (Å²) in [5.41, 5.74) is 0.698. The summed E-state index contributed by atoms with van der Waals surface area (Å²) in [6.07, 6.45) is -1.00. The number of carboxylic acids is 1. The molecular weight excluding hydrogens is 428 g/mol. The Labute approximate surface area is 182 Å². The lowest BCUT2D eigenvalue weighted by atomic mass is 10.2. The van der Waals surface area contributed by atoms with Crippen LogP contribution >= 0.6 is 0 Å². The van der Waals surface area contributed by atoms with E-state index in [2.05, 4.69) is 15.4 Å². The molecule has 5 amide bonds. The molecular formula is C19H22N4O9. The van der Waals surface area contributed by atoms with Gasteiger partial charge in [-0.1, -0.05) is 30.3 Å². The third kappa shape index (κ3) is 6.97. The maximum atomic E-state index is 12.2. The topological polar surface area (TPSA) is 172 Å². The number of benzene rings is 1. The van der Waals surface area contributed by atoms with Crippen molar-refractivity contribution in [2.45, 2.75) is 12.6 Å². The number of ether oxygens (including phenoxy) is 2. The second kappa shape index (κ2) is 11.3. The van der Waals surface area contributed by atoms with E-state index in [0.717, 1.165) is 12.0 Å². The van der Waals surface area contributed by atoms with E-state index in [-0.39, 0.29) is 6.61 Å². The Balaban J connectivity index is 1.81. The summed E-state index contributed by atoms with van der Waals surface area (Å²) in [5.74, 6) is -3.70. The Hall–Kier alpha value is -4.16. The molecule has 1 aromatic carbocycles. The van der Waals surface area contributed by atoms with Crippen LogP contribution in [0.15, 0.2) is 30.3 Å². The average molecular weight is 450 g/mol. The Bertz CT molecular complexity index is 890. The van der Waals surface area contributed by atoms with Crippen molar-refractivity contribution in [3.05, 3.63) is 35.9 Å². The number of carboxylic acid groups (broad SMARTS) is 1. The van der Waals surface area contributed by atoms with Crippen LogP contribution in [0.2, 0.25) is 0 Å². The summed E-state index contributed by atoms with van der Waals surface area (Å²) in [6, 6.07) is 6.35. The molecule has 0 aliphatic carbocycles. The van der Waals surface area contributed by atoms with Crippen molar-refractivity contribution in [2.75, 3.05) is 33.3 Å². The van der Waals surface area contributed by atoms with Crippen LogP contribution in [0.3, 0.4) is 0 Å². The molecule has 0 spiro atoms. The normalized spacial score (nSPS) is 14.0. The van der Waals surface area contributed by atoms with E-state index in [1.807, 2.05) is 0 Å². The maximum Gasteiger partial charge on any atom is 0.408 e. The van der Waals surface area contributed by atoms with E-state index in [4.69, 9.17) is 4.74 Å². The zero-order valence-corrected chi connectivity index (χ0v) is 17.1. The summed E-state index contributed by atoms with van der Waals surface area (Å²) < 4.78 is 9.37. The smallest absolute Gasteiger partial charge is 0.408 e. The highest BCUT2D eigenvalue weighted by Crippen LogP contribution is 2.09. The number of imide groups is 1. The van der Waals surface area contributed by atoms with E-state index in [9.17, 15) is 33.9 Å². The van der Waals surface area contributed by atoms with E-state index < -0.39 is 68.1 Å². The summed E-state index contributed by atoms with van der Waals surface area (Å²) in [6.45, 7) is -2.12.